The van der Waals surface area contributed by atoms with E-state index in [4.69, 9.17) is 11.6 Å². The van der Waals surface area contributed by atoms with Crippen molar-refractivity contribution in [2.45, 2.75) is 46.7 Å². The normalized spacial score (nSPS) is 12.4. The smallest absolute Gasteiger partial charge is 0.221 e. The highest BCUT2D eigenvalue weighted by Crippen LogP contribution is 2.26. The number of nitrogens with zero attached hydrogens (tertiary/aromatic N) is 3. The molecule has 1 aromatic heterocycles. The van der Waals surface area contributed by atoms with Crippen LogP contribution in [0.2, 0.25) is 5.02 Å². The summed E-state index contributed by atoms with van der Waals surface area (Å²) in [5.41, 5.74) is 3.10. The number of aromatic nitrogens is 2. The average Bonchev–Trinajstić information content (AvgIpc) is 2.95. The van der Waals surface area contributed by atoms with E-state index < -0.39 is 0 Å². The second-order valence-electron chi connectivity index (χ2n) is 6.46. The first kappa shape index (κ1) is 20.5. The van der Waals surface area contributed by atoms with E-state index in [1.165, 1.54) is 0 Å². The molecule has 1 atom stereocenters. The van der Waals surface area contributed by atoms with Gasteiger partial charge in [0, 0.05) is 30.2 Å². The minimum atomic E-state index is 0.0294. The molecule has 1 aromatic carbocycles. The zero-order valence-electron chi connectivity index (χ0n) is 16.1. The van der Waals surface area contributed by atoms with Crippen molar-refractivity contribution in [3.63, 3.8) is 0 Å². The maximum absolute atomic E-state index is 12.4. The Balaban J connectivity index is 1.99. The number of carbonyl (C=O) groups excluding carboxylic acids is 1. The van der Waals surface area contributed by atoms with Gasteiger partial charge in [-0.3, -0.25) is 14.4 Å². The Hall–Kier alpha value is -1.85. The van der Waals surface area contributed by atoms with Crippen LogP contribution in [0.25, 0.3) is 0 Å². The number of nitrogens with one attached hydrogen (secondary N) is 1. The number of benzene rings is 1. The Morgan fingerprint density at radius 3 is 2.54 bits per heavy atom. The summed E-state index contributed by atoms with van der Waals surface area (Å²) in [6, 6.07) is 9.94. The lowest BCUT2D eigenvalue weighted by molar-refractivity contribution is -0.121. The standard InChI is InChI=1S/C20H29ClN4O/c1-5-24(6-2)19(17-9-7-8-10-18(17)21)14-22-20(26)11-12-25-16(4)13-15(3)23-25/h7-10,13,19H,5-6,11-12,14H2,1-4H3,(H,22,26). The van der Waals surface area contributed by atoms with Crippen LogP contribution in [0, 0.1) is 13.8 Å². The first-order valence-corrected chi connectivity index (χ1v) is 9.60. The van der Waals surface area contributed by atoms with E-state index in [1.807, 2.05) is 48.9 Å². The lowest BCUT2D eigenvalue weighted by Gasteiger charge is -2.31. The van der Waals surface area contributed by atoms with Crippen molar-refractivity contribution in [3.8, 4) is 0 Å². The van der Waals surface area contributed by atoms with Crippen LogP contribution in [0.1, 0.15) is 43.3 Å². The second kappa shape index (κ2) is 9.74. The van der Waals surface area contributed by atoms with Crippen LogP contribution in [0.3, 0.4) is 0 Å². The molecule has 0 bridgehead atoms. The van der Waals surface area contributed by atoms with Gasteiger partial charge < -0.3 is 5.32 Å². The van der Waals surface area contributed by atoms with Gasteiger partial charge in [0.15, 0.2) is 0 Å². The Morgan fingerprint density at radius 1 is 1.27 bits per heavy atom. The van der Waals surface area contributed by atoms with E-state index in [2.05, 4.69) is 29.2 Å². The SMILES string of the molecule is CCN(CC)C(CNC(=O)CCn1nc(C)cc1C)c1ccccc1Cl. The molecule has 1 unspecified atom stereocenters. The number of hydrogen-bond acceptors (Lipinski definition) is 3. The fraction of sp³-hybridized carbons (Fsp3) is 0.500. The molecule has 6 heteroatoms. The molecular formula is C20H29ClN4O. The number of amides is 1. The van der Waals surface area contributed by atoms with Crippen LogP contribution in [-0.2, 0) is 11.3 Å². The summed E-state index contributed by atoms with van der Waals surface area (Å²) in [7, 11) is 0. The van der Waals surface area contributed by atoms with E-state index in [0.29, 0.717) is 19.5 Å². The highest BCUT2D eigenvalue weighted by atomic mass is 35.5. The summed E-state index contributed by atoms with van der Waals surface area (Å²) in [4.78, 5) is 14.7. The molecule has 0 aliphatic heterocycles. The number of carbonyl (C=O) groups is 1. The van der Waals surface area contributed by atoms with E-state index in [-0.39, 0.29) is 11.9 Å². The number of aryl methyl sites for hydroxylation is 3. The lowest BCUT2D eigenvalue weighted by Crippen LogP contribution is -2.38. The van der Waals surface area contributed by atoms with Gasteiger partial charge in [-0.15, -0.1) is 0 Å². The summed E-state index contributed by atoms with van der Waals surface area (Å²) in [6.07, 6.45) is 0.412. The summed E-state index contributed by atoms with van der Waals surface area (Å²) >= 11 is 6.40. The monoisotopic (exact) mass is 376 g/mol. The van der Waals surface area contributed by atoms with Gasteiger partial charge in [0.25, 0.3) is 0 Å². The Kier molecular flexibility index (Phi) is 7.66. The summed E-state index contributed by atoms with van der Waals surface area (Å²) in [5.74, 6) is 0.0294. The first-order chi connectivity index (χ1) is 12.5. The van der Waals surface area contributed by atoms with Gasteiger partial charge >= 0.3 is 0 Å². The molecule has 1 amide bonds. The second-order valence-corrected chi connectivity index (χ2v) is 6.87. The third-order valence-corrected chi connectivity index (χ3v) is 5.01. The summed E-state index contributed by atoms with van der Waals surface area (Å²) in [5, 5.41) is 8.21. The van der Waals surface area contributed by atoms with E-state index in [9.17, 15) is 4.79 Å². The van der Waals surface area contributed by atoms with E-state index >= 15 is 0 Å². The van der Waals surface area contributed by atoms with Crippen LogP contribution < -0.4 is 5.32 Å². The van der Waals surface area contributed by atoms with Gasteiger partial charge in [-0.05, 0) is 44.6 Å². The first-order valence-electron chi connectivity index (χ1n) is 9.22. The summed E-state index contributed by atoms with van der Waals surface area (Å²) in [6.45, 7) is 11.1. The number of hydrogen-bond donors (Lipinski definition) is 1. The zero-order valence-corrected chi connectivity index (χ0v) is 16.9. The van der Waals surface area contributed by atoms with Gasteiger partial charge in [0.2, 0.25) is 5.91 Å². The molecule has 2 rings (SSSR count). The van der Waals surface area contributed by atoms with Crippen molar-refractivity contribution in [3.05, 3.63) is 52.3 Å². The van der Waals surface area contributed by atoms with Crippen molar-refractivity contribution in [2.24, 2.45) is 0 Å². The molecule has 142 valence electrons. The van der Waals surface area contributed by atoms with Gasteiger partial charge in [-0.2, -0.15) is 5.10 Å². The molecule has 5 nitrogen and oxygen atoms in total. The maximum Gasteiger partial charge on any atom is 0.221 e. The lowest BCUT2D eigenvalue weighted by atomic mass is 10.0. The molecule has 0 spiro atoms. The fourth-order valence-corrected chi connectivity index (χ4v) is 3.51. The van der Waals surface area contributed by atoms with E-state index in [0.717, 1.165) is 35.1 Å². The van der Waals surface area contributed by atoms with Gasteiger partial charge in [-0.25, -0.2) is 0 Å². The largest absolute Gasteiger partial charge is 0.354 e. The van der Waals surface area contributed by atoms with Crippen LogP contribution in [0.5, 0.6) is 0 Å². The van der Waals surface area contributed by atoms with Gasteiger partial charge in [0.05, 0.1) is 11.7 Å². The number of halogens is 1. The molecule has 0 aliphatic carbocycles. The third-order valence-electron chi connectivity index (χ3n) is 4.66. The highest BCUT2D eigenvalue weighted by Gasteiger charge is 2.21. The molecule has 0 saturated carbocycles. The maximum atomic E-state index is 12.4. The van der Waals surface area contributed by atoms with E-state index in [1.54, 1.807) is 0 Å². The van der Waals surface area contributed by atoms with Crippen molar-refractivity contribution in [1.82, 2.24) is 20.0 Å². The molecule has 1 N–H and O–H groups in total. The molecule has 1 heterocycles. The van der Waals surface area contributed by atoms with Crippen molar-refractivity contribution < 1.29 is 4.79 Å². The molecule has 2 aromatic rings. The predicted octanol–water partition coefficient (Wildman–Crippen LogP) is 3.74. The molecule has 0 fully saturated rings. The van der Waals surface area contributed by atoms with Crippen LogP contribution in [0.15, 0.2) is 30.3 Å². The van der Waals surface area contributed by atoms with Crippen molar-refractivity contribution >= 4 is 17.5 Å². The van der Waals surface area contributed by atoms with Crippen molar-refractivity contribution in [1.29, 1.82) is 0 Å². The minimum Gasteiger partial charge on any atom is -0.354 e. The highest BCUT2D eigenvalue weighted by molar-refractivity contribution is 6.31. The molecule has 0 saturated heterocycles. The fourth-order valence-electron chi connectivity index (χ4n) is 3.25. The average molecular weight is 377 g/mol. The quantitative estimate of drug-likeness (QED) is 0.725. The van der Waals surface area contributed by atoms with Gasteiger partial charge in [0.1, 0.15) is 0 Å². The molecule has 0 aliphatic rings. The molecular weight excluding hydrogens is 348 g/mol. The Bertz CT molecular complexity index is 724. The Morgan fingerprint density at radius 2 is 1.96 bits per heavy atom. The van der Waals surface area contributed by atoms with Crippen LogP contribution in [-0.4, -0.2) is 40.2 Å². The van der Waals surface area contributed by atoms with Crippen molar-refractivity contribution in [2.75, 3.05) is 19.6 Å². The zero-order chi connectivity index (χ0) is 19.1. The summed E-state index contributed by atoms with van der Waals surface area (Å²) < 4.78 is 1.88. The topological polar surface area (TPSA) is 50.2 Å². The molecule has 26 heavy (non-hydrogen) atoms. The van der Waals surface area contributed by atoms with Crippen LogP contribution >= 0.6 is 11.6 Å². The van der Waals surface area contributed by atoms with Crippen LogP contribution in [0.4, 0.5) is 0 Å². The number of likely N-dealkylation sites (N-methyl/N-ethyl adjacent to an activating group) is 1. The Labute approximate surface area is 161 Å². The molecule has 0 radical (unpaired) electrons. The third kappa shape index (κ3) is 5.32. The van der Waals surface area contributed by atoms with Gasteiger partial charge in [-0.1, -0.05) is 43.6 Å². The predicted molar refractivity (Wildman–Crippen MR) is 106 cm³/mol. The number of rotatable bonds is 9. The minimum absolute atomic E-state index is 0.0294.